The predicted molar refractivity (Wildman–Crippen MR) is 140 cm³/mol. The van der Waals surface area contributed by atoms with Crippen molar-refractivity contribution in [1.82, 2.24) is 20.2 Å². The molecule has 1 amide bonds. The molecule has 3 N–H and O–H groups in total. The lowest BCUT2D eigenvalue weighted by Crippen LogP contribution is -2.37. The van der Waals surface area contributed by atoms with Crippen LogP contribution in [0.15, 0.2) is 64.6 Å². The summed E-state index contributed by atoms with van der Waals surface area (Å²) in [6.07, 6.45) is 1.15. The fourth-order valence-electron chi connectivity index (χ4n) is 3.43. The van der Waals surface area contributed by atoms with Gasteiger partial charge in [0.05, 0.1) is 10.6 Å². The van der Waals surface area contributed by atoms with Gasteiger partial charge in [-0.1, -0.05) is 23.2 Å². The van der Waals surface area contributed by atoms with Crippen LogP contribution in [0.4, 0.5) is 23.1 Å². The molecule has 1 aliphatic rings. The van der Waals surface area contributed by atoms with Crippen LogP contribution in [-0.4, -0.2) is 39.2 Å². The third-order valence-electron chi connectivity index (χ3n) is 5.33. The van der Waals surface area contributed by atoms with Crippen molar-refractivity contribution in [3.63, 3.8) is 0 Å². The first-order valence-corrected chi connectivity index (χ1v) is 12.5. The molecule has 1 fully saturated rings. The van der Waals surface area contributed by atoms with E-state index >= 15 is 0 Å². The Morgan fingerprint density at radius 1 is 1.03 bits per heavy atom. The summed E-state index contributed by atoms with van der Waals surface area (Å²) in [5.41, 5.74) is 1.97. The fourth-order valence-corrected chi connectivity index (χ4v) is 4.69. The molecule has 178 valence electrons. The summed E-state index contributed by atoms with van der Waals surface area (Å²) in [7, 11) is 0. The van der Waals surface area contributed by atoms with Crippen molar-refractivity contribution >= 4 is 64.0 Å². The van der Waals surface area contributed by atoms with Crippen LogP contribution in [0.25, 0.3) is 0 Å². The maximum atomic E-state index is 12.6. The number of anilines is 4. The standard InChI is InChI=1S/C24H21Cl2N7OS/c1-14-11-21(32-31-14)28-20-13-22(33-9-2-10-33)30-24(29-20)35-17-6-4-16(5-7-17)27-23(34)18-8-3-15(25)12-19(18)26/h3-8,11-13H,2,9-10H2,1H3,(H,27,34)(H2,28,29,30,31,32). The van der Waals surface area contributed by atoms with E-state index in [-0.39, 0.29) is 5.91 Å². The third kappa shape index (κ3) is 5.70. The smallest absolute Gasteiger partial charge is 0.257 e. The van der Waals surface area contributed by atoms with Gasteiger partial charge in [0.2, 0.25) is 0 Å². The second-order valence-electron chi connectivity index (χ2n) is 8.00. The zero-order valence-corrected chi connectivity index (χ0v) is 21.0. The summed E-state index contributed by atoms with van der Waals surface area (Å²) in [6, 6.07) is 16.1. The van der Waals surface area contributed by atoms with Crippen molar-refractivity contribution in [3.05, 3.63) is 75.9 Å². The average Bonchev–Trinajstić information content (AvgIpc) is 3.18. The first kappa shape index (κ1) is 23.5. The highest BCUT2D eigenvalue weighted by molar-refractivity contribution is 7.99. The third-order valence-corrected chi connectivity index (χ3v) is 6.75. The number of halogens is 2. The van der Waals surface area contributed by atoms with Gasteiger partial charge in [0.25, 0.3) is 5.91 Å². The molecule has 1 aliphatic heterocycles. The van der Waals surface area contributed by atoms with Crippen LogP contribution < -0.4 is 15.5 Å². The van der Waals surface area contributed by atoms with E-state index in [2.05, 4.69) is 30.7 Å². The Hall–Kier alpha value is -3.27. The minimum atomic E-state index is -0.304. The molecule has 0 radical (unpaired) electrons. The number of nitrogens with one attached hydrogen (secondary N) is 3. The fraction of sp³-hybridized carbons (Fsp3) is 0.167. The molecule has 0 saturated carbocycles. The number of hydrogen-bond donors (Lipinski definition) is 3. The van der Waals surface area contributed by atoms with E-state index in [4.69, 9.17) is 28.2 Å². The normalized spacial score (nSPS) is 12.8. The zero-order chi connectivity index (χ0) is 24.4. The van der Waals surface area contributed by atoms with Crippen molar-refractivity contribution < 1.29 is 4.79 Å². The van der Waals surface area contributed by atoms with Gasteiger partial charge >= 0.3 is 0 Å². The molecule has 0 unspecified atom stereocenters. The molecule has 0 aliphatic carbocycles. The minimum absolute atomic E-state index is 0.302. The lowest BCUT2D eigenvalue weighted by Gasteiger charge is -2.32. The molecular weight excluding hydrogens is 505 g/mol. The van der Waals surface area contributed by atoms with Crippen LogP contribution in [0.5, 0.6) is 0 Å². The molecule has 0 bridgehead atoms. The molecule has 2 aromatic carbocycles. The van der Waals surface area contributed by atoms with E-state index in [9.17, 15) is 4.79 Å². The topological polar surface area (TPSA) is 98.8 Å². The SMILES string of the molecule is Cc1cc(Nc2cc(N3CCC3)nc(Sc3ccc(NC(=O)c4ccc(Cl)cc4Cl)cc3)n2)n[nH]1. The number of aryl methyl sites for hydroxylation is 1. The van der Waals surface area contributed by atoms with Gasteiger partial charge in [-0.2, -0.15) is 5.10 Å². The van der Waals surface area contributed by atoms with Crippen LogP contribution in [0.3, 0.4) is 0 Å². The quantitative estimate of drug-likeness (QED) is 0.248. The lowest BCUT2D eigenvalue weighted by molar-refractivity contribution is 0.102. The van der Waals surface area contributed by atoms with Crippen LogP contribution in [0.2, 0.25) is 10.0 Å². The molecule has 35 heavy (non-hydrogen) atoms. The Morgan fingerprint density at radius 3 is 2.49 bits per heavy atom. The van der Waals surface area contributed by atoms with Crippen LogP contribution in [0, 0.1) is 6.92 Å². The number of hydrogen-bond acceptors (Lipinski definition) is 7. The maximum absolute atomic E-state index is 12.6. The molecule has 5 rings (SSSR count). The molecule has 11 heteroatoms. The Labute approximate surface area is 216 Å². The number of amides is 1. The van der Waals surface area contributed by atoms with E-state index in [1.54, 1.807) is 18.2 Å². The highest BCUT2D eigenvalue weighted by Crippen LogP contribution is 2.31. The largest absolute Gasteiger partial charge is 0.356 e. The molecular formula is C24H21Cl2N7OS. The first-order valence-electron chi connectivity index (χ1n) is 10.9. The predicted octanol–water partition coefficient (Wildman–Crippen LogP) is 6.17. The highest BCUT2D eigenvalue weighted by Gasteiger charge is 2.19. The lowest BCUT2D eigenvalue weighted by atomic mass is 10.2. The second kappa shape index (κ2) is 10.2. The van der Waals surface area contributed by atoms with E-state index in [0.717, 1.165) is 35.9 Å². The van der Waals surface area contributed by atoms with Crippen molar-refractivity contribution in [3.8, 4) is 0 Å². The number of aromatic nitrogens is 4. The number of rotatable bonds is 7. The van der Waals surface area contributed by atoms with Crippen LogP contribution in [0.1, 0.15) is 22.5 Å². The summed E-state index contributed by atoms with van der Waals surface area (Å²) in [4.78, 5) is 25.1. The average molecular weight is 526 g/mol. The summed E-state index contributed by atoms with van der Waals surface area (Å²) < 4.78 is 0. The van der Waals surface area contributed by atoms with Gasteiger partial charge in [-0.05, 0) is 67.6 Å². The van der Waals surface area contributed by atoms with Gasteiger partial charge in [0, 0.05) is 46.5 Å². The van der Waals surface area contributed by atoms with Crippen molar-refractivity contribution in [2.75, 3.05) is 28.6 Å². The van der Waals surface area contributed by atoms with Gasteiger partial charge in [-0.15, -0.1) is 0 Å². The van der Waals surface area contributed by atoms with Gasteiger partial charge in [0.15, 0.2) is 11.0 Å². The van der Waals surface area contributed by atoms with Gasteiger partial charge in [-0.3, -0.25) is 9.89 Å². The van der Waals surface area contributed by atoms with Crippen molar-refractivity contribution in [2.45, 2.75) is 23.4 Å². The maximum Gasteiger partial charge on any atom is 0.257 e. The molecule has 0 spiro atoms. The number of H-pyrrole nitrogens is 1. The summed E-state index contributed by atoms with van der Waals surface area (Å²) in [5.74, 6) is 1.96. The van der Waals surface area contributed by atoms with Crippen molar-refractivity contribution in [1.29, 1.82) is 0 Å². The Kier molecular flexibility index (Phi) is 6.81. The van der Waals surface area contributed by atoms with Crippen molar-refractivity contribution in [2.24, 2.45) is 0 Å². The van der Waals surface area contributed by atoms with E-state index in [0.29, 0.717) is 38.1 Å². The van der Waals surface area contributed by atoms with Gasteiger partial charge < -0.3 is 15.5 Å². The monoisotopic (exact) mass is 525 g/mol. The summed E-state index contributed by atoms with van der Waals surface area (Å²) >= 11 is 13.5. The number of aromatic amines is 1. The van der Waals surface area contributed by atoms with E-state index < -0.39 is 0 Å². The summed E-state index contributed by atoms with van der Waals surface area (Å²) in [5, 5.41) is 14.7. The van der Waals surface area contributed by atoms with Crippen LogP contribution in [-0.2, 0) is 0 Å². The van der Waals surface area contributed by atoms with E-state index in [1.165, 1.54) is 11.8 Å². The van der Waals surface area contributed by atoms with Gasteiger partial charge in [-0.25, -0.2) is 9.97 Å². The molecule has 3 heterocycles. The second-order valence-corrected chi connectivity index (χ2v) is 9.88. The van der Waals surface area contributed by atoms with E-state index in [1.807, 2.05) is 43.3 Å². The number of nitrogens with zero attached hydrogens (tertiary/aromatic N) is 4. The highest BCUT2D eigenvalue weighted by atomic mass is 35.5. The number of carbonyl (C=O) groups excluding carboxylic acids is 1. The first-order chi connectivity index (χ1) is 16.9. The minimum Gasteiger partial charge on any atom is -0.356 e. The molecule has 0 atom stereocenters. The number of carbonyl (C=O) groups is 1. The zero-order valence-electron chi connectivity index (χ0n) is 18.7. The van der Waals surface area contributed by atoms with Crippen LogP contribution >= 0.6 is 35.0 Å². The molecule has 1 saturated heterocycles. The summed E-state index contributed by atoms with van der Waals surface area (Å²) in [6.45, 7) is 3.91. The Bertz CT molecular complexity index is 1370. The number of benzene rings is 2. The molecule has 2 aromatic heterocycles. The Morgan fingerprint density at radius 2 is 1.83 bits per heavy atom. The Balaban J connectivity index is 1.31. The van der Waals surface area contributed by atoms with Gasteiger partial charge in [0.1, 0.15) is 11.6 Å². The molecule has 4 aromatic rings. The molecule has 8 nitrogen and oxygen atoms in total.